The van der Waals surface area contributed by atoms with Crippen LogP contribution in [0, 0.1) is 27.7 Å². The predicted octanol–water partition coefficient (Wildman–Crippen LogP) is 2.66. The molecule has 0 aromatic heterocycles. The number of anilines is 1. The minimum atomic E-state index is -1.20. The fourth-order valence-corrected chi connectivity index (χ4v) is 1.86. The Hall–Kier alpha value is -1.76. The van der Waals surface area contributed by atoms with Crippen molar-refractivity contribution in [3.63, 3.8) is 0 Å². The standard InChI is InChI=1S/C12H17F2N3O2/c1-7(2)3-9(6-15)16-11-5-8(13)4-10(14)12(11)17(18)19/h4-5,7,9,16H,3,6,15H2,1-2H3. The summed E-state index contributed by atoms with van der Waals surface area (Å²) in [6.07, 6.45) is 0.645. The number of nitrogens with two attached hydrogens (primary N) is 1. The van der Waals surface area contributed by atoms with Crippen LogP contribution in [0.5, 0.6) is 0 Å². The third-order valence-corrected chi connectivity index (χ3v) is 2.61. The molecule has 1 aromatic carbocycles. The summed E-state index contributed by atoms with van der Waals surface area (Å²) >= 11 is 0. The molecule has 0 amide bonds. The summed E-state index contributed by atoms with van der Waals surface area (Å²) < 4.78 is 26.6. The Bertz CT molecular complexity index is 467. The monoisotopic (exact) mass is 273 g/mol. The van der Waals surface area contributed by atoms with E-state index in [0.29, 0.717) is 18.4 Å². The fraction of sp³-hybridized carbons (Fsp3) is 0.500. The number of benzene rings is 1. The van der Waals surface area contributed by atoms with Crippen LogP contribution < -0.4 is 11.1 Å². The van der Waals surface area contributed by atoms with Crippen LogP contribution in [0.3, 0.4) is 0 Å². The van der Waals surface area contributed by atoms with Gasteiger partial charge in [0.15, 0.2) is 0 Å². The molecule has 1 unspecified atom stereocenters. The van der Waals surface area contributed by atoms with Crippen LogP contribution in [0.15, 0.2) is 12.1 Å². The van der Waals surface area contributed by atoms with Gasteiger partial charge in [0.25, 0.3) is 0 Å². The van der Waals surface area contributed by atoms with Crippen molar-refractivity contribution in [3.05, 3.63) is 33.9 Å². The molecule has 0 aliphatic heterocycles. The van der Waals surface area contributed by atoms with Crippen LogP contribution in [-0.2, 0) is 0 Å². The highest BCUT2D eigenvalue weighted by Gasteiger charge is 2.23. The molecule has 106 valence electrons. The first-order valence-electron chi connectivity index (χ1n) is 5.95. The number of nitro groups is 1. The third-order valence-electron chi connectivity index (χ3n) is 2.61. The van der Waals surface area contributed by atoms with Gasteiger partial charge in [-0.1, -0.05) is 13.8 Å². The van der Waals surface area contributed by atoms with Crippen LogP contribution in [-0.4, -0.2) is 17.5 Å². The number of rotatable bonds is 6. The molecule has 7 heteroatoms. The molecule has 1 atom stereocenters. The van der Waals surface area contributed by atoms with E-state index in [2.05, 4.69) is 5.32 Å². The Balaban J connectivity index is 3.07. The van der Waals surface area contributed by atoms with Crippen LogP contribution >= 0.6 is 0 Å². The van der Waals surface area contributed by atoms with Gasteiger partial charge < -0.3 is 11.1 Å². The lowest BCUT2D eigenvalue weighted by Gasteiger charge is -2.20. The molecule has 0 saturated heterocycles. The zero-order valence-corrected chi connectivity index (χ0v) is 10.8. The summed E-state index contributed by atoms with van der Waals surface area (Å²) in [6, 6.07) is 1.12. The van der Waals surface area contributed by atoms with Crippen molar-refractivity contribution < 1.29 is 13.7 Å². The van der Waals surface area contributed by atoms with Gasteiger partial charge in [-0.3, -0.25) is 10.1 Å². The van der Waals surface area contributed by atoms with Gasteiger partial charge in [0.2, 0.25) is 5.82 Å². The van der Waals surface area contributed by atoms with Gasteiger partial charge in [-0.05, 0) is 12.3 Å². The Kier molecular flexibility index (Phi) is 5.17. The quantitative estimate of drug-likeness (QED) is 0.616. The summed E-state index contributed by atoms with van der Waals surface area (Å²) in [4.78, 5) is 9.94. The van der Waals surface area contributed by atoms with Crippen molar-refractivity contribution in [1.82, 2.24) is 0 Å². The SMILES string of the molecule is CC(C)CC(CN)Nc1cc(F)cc(F)c1[N+](=O)[O-]. The van der Waals surface area contributed by atoms with E-state index in [1.807, 2.05) is 13.8 Å². The number of halogens is 2. The second-order valence-electron chi connectivity index (χ2n) is 4.75. The predicted molar refractivity (Wildman–Crippen MR) is 68.9 cm³/mol. The minimum absolute atomic E-state index is 0.182. The summed E-state index contributed by atoms with van der Waals surface area (Å²) in [6.45, 7) is 4.14. The maximum Gasteiger partial charge on any atom is 0.327 e. The van der Waals surface area contributed by atoms with Gasteiger partial charge in [0.1, 0.15) is 11.5 Å². The first-order valence-corrected chi connectivity index (χ1v) is 5.95. The Labute approximate surface area is 109 Å². The summed E-state index contributed by atoms with van der Waals surface area (Å²) in [5.74, 6) is -1.77. The van der Waals surface area contributed by atoms with Crippen LogP contribution in [0.2, 0.25) is 0 Å². The molecule has 0 saturated carbocycles. The van der Waals surface area contributed by atoms with E-state index >= 15 is 0 Å². The van der Waals surface area contributed by atoms with E-state index in [4.69, 9.17) is 5.73 Å². The zero-order valence-electron chi connectivity index (χ0n) is 10.8. The van der Waals surface area contributed by atoms with Gasteiger partial charge in [0, 0.05) is 24.7 Å². The van der Waals surface area contributed by atoms with E-state index in [0.717, 1.165) is 6.07 Å². The van der Waals surface area contributed by atoms with Gasteiger partial charge in [-0.25, -0.2) is 4.39 Å². The molecule has 0 aliphatic carbocycles. The summed E-state index contributed by atoms with van der Waals surface area (Å²) in [5, 5.41) is 13.6. The largest absolute Gasteiger partial charge is 0.375 e. The molecule has 3 N–H and O–H groups in total. The van der Waals surface area contributed by atoms with Crippen molar-refractivity contribution in [3.8, 4) is 0 Å². The van der Waals surface area contributed by atoms with Gasteiger partial charge in [0.05, 0.1) is 4.92 Å². The molecule has 5 nitrogen and oxygen atoms in total. The van der Waals surface area contributed by atoms with E-state index in [-0.39, 0.29) is 18.3 Å². The normalized spacial score (nSPS) is 12.5. The molecular formula is C12H17F2N3O2. The van der Waals surface area contributed by atoms with Crippen molar-refractivity contribution in [2.45, 2.75) is 26.3 Å². The summed E-state index contributed by atoms with van der Waals surface area (Å²) in [5.41, 5.74) is 4.61. The van der Waals surface area contributed by atoms with Crippen LogP contribution in [0.1, 0.15) is 20.3 Å². The third kappa shape index (κ3) is 4.13. The molecule has 0 spiro atoms. The van der Waals surface area contributed by atoms with Crippen molar-refractivity contribution in [2.24, 2.45) is 11.7 Å². The van der Waals surface area contributed by atoms with Gasteiger partial charge in [-0.15, -0.1) is 0 Å². The topological polar surface area (TPSA) is 81.2 Å². The highest BCUT2D eigenvalue weighted by molar-refractivity contribution is 5.62. The minimum Gasteiger partial charge on any atom is -0.375 e. The second kappa shape index (κ2) is 6.42. The van der Waals surface area contributed by atoms with E-state index in [9.17, 15) is 18.9 Å². The van der Waals surface area contributed by atoms with Crippen molar-refractivity contribution in [2.75, 3.05) is 11.9 Å². The maximum atomic E-state index is 13.4. The molecule has 0 aliphatic rings. The number of nitro benzene ring substituents is 1. The molecule has 1 rings (SSSR count). The zero-order chi connectivity index (χ0) is 14.6. The van der Waals surface area contributed by atoms with E-state index in [1.165, 1.54) is 0 Å². The number of nitrogens with one attached hydrogen (secondary N) is 1. The Morgan fingerprint density at radius 1 is 1.42 bits per heavy atom. The van der Waals surface area contributed by atoms with Gasteiger partial charge in [-0.2, -0.15) is 4.39 Å². The lowest BCUT2D eigenvalue weighted by atomic mass is 10.0. The first-order chi connectivity index (χ1) is 8.85. The molecule has 0 fully saturated rings. The molecule has 0 heterocycles. The van der Waals surface area contributed by atoms with Crippen molar-refractivity contribution >= 4 is 11.4 Å². The molecule has 0 radical (unpaired) electrons. The second-order valence-corrected chi connectivity index (χ2v) is 4.75. The average Bonchev–Trinajstić information content (AvgIpc) is 2.25. The number of nitrogens with zero attached hydrogens (tertiary/aromatic N) is 1. The molecule has 0 bridgehead atoms. The lowest BCUT2D eigenvalue weighted by Crippen LogP contribution is -2.30. The summed E-state index contributed by atoms with van der Waals surface area (Å²) in [7, 11) is 0. The molecule has 1 aromatic rings. The van der Waals surface area contributed by atoms with Gasteiger partial charge >= 0.3 is 5.69 Å². The van der Waals surface area contributed by atoms with E-state index in [1.54, 1.807) is 0 Å². The molecular weight excluding hydrogens is 256 g/mol. The Morgan fingerprint density at radius 3 is 2.53 bits per heavy atom. The van der Waals surface area contributed by atoms with E-state index < -0.39 is 22.2 Å². The molecule has 19 heavy (non-hydrogen) atoms. The van der Waals surface area contributed by atoms with Crippen LogP contribution in [0.4, 0.5) is 20.2 Å². The lowest BCUT2D eigenvalue weighted by molar-refractivity contribution is -0.386. The maximum absolute atomic E-state index is 13.4. The average molecular weight is 273 g/mol. The fourth-order valence-electron chi connectivity index (χ4n) is 1.86. The highest BCUT2D eigenvalue weighted by Crippen LogP contribution is 2.29. The first kappa shape index (κ1) is 15.3. The number of hydrogen-bond donors (Lipinski definition) is 2. The van der Waals surface area contributed by atoms with Crippen LogP contribution in [0.25, 0.3) is 0 Å². The smallest absolute Gasteiger partial charge is 0.327 e. The Morgan fingerprint density at radius 2 is 2.05 bits per heavy atom. The highest BCUT2D eigenvalue weighted by atomic mass is 19.1. The number of hydrogen-bond acceptors (Lipinski definition) is 4. The van der Waals surface area contributed by atoms with Crippen molar-refractivity contribution in [1.29, 1.82) is 0 Å².